The summed E-state index contributed by atoms with van der Waals surface area (Å²) < 4.78 is 0. The van der Waals surface area contributed by atoms with Crippen LogP contribution in [0.4, 0.5) is 10.5 Å². The molecule has 5 heteroatoms. The SMILES string of the molecule is CCCCCCC(C)NC(=O)Nc1ccc(CCC(=O)N2CCCC2)cc1. The number of benzene rings is 1. The van der Waals surface area contributed by atoms with Gasteiger partial charge in [0.2, 0.25) is 5.91 Å². The van der Waals surface area contributed by atoms with Crippen molar-refractivity contribution in [2.75, 3.05) is 18.4 Å². The molecule has 1 atom stereocenters. The first kappa shape index (κ1) is 21.3. The first-order chi connectivity index (χ1) is 13.1. The van der Waals surface area contributed by atoms with E-state index in [0.717, 1.165) is 56.4 Å². The van der Waals surface area contributed by atoms with Crippen molar-refractivity contribution in [3.63, 3.8) is 0 Å². The number of rotatable bonds is 10. The lowest BCUT2D eigenvalue weighted by Crippen LogP contribution is -2.36. The van der Waals surface area contributed by atoms with Gasteiger partial charge in [-0.25, -0.2) is 4.79 Å². The topological polar surface area (TPSA) is 61.4 Å². The zero-order valence-corrected chi connectivity index (χ0v) is 16.9. The van der Waals surface area contributed by atoms with Crippen LogP contribution in [0.25, 0.3) is 0 Å². The molecule has 5 nitrogen and oxygen atoms in total. The lowest BCUT2D eigenvalue weighted by Gasteiger charge is -2.15. The fourth-order valence-corrected chi connectivity index (χ4v) is 3.47. The Bertz CT molecular complexity index is 580. The summed E-state index contributed by atoms with van der Waals surface area (Å²) in [6.45, 7) is 6.07. The minimum Gasteiger partial charge on any atom is -0.343 e. The minimum absolute atomic E-state index is 0.157. The van der Waals surface area contributed by atoms with Crippen molar-refractivity contribution in [3.05, 3.63) is 29.8 Å². The van der Waals surface area contributed by atoms with Gasteiger partial charge in [-0.05, 0) is 50.3 Å². The summed E-state index contributed by atoms with van der Waals surface area (Å²) in [7, 11) is 0. The third-order valence-corrected chi connectivity index (χ3v) is 5.17. The van der Waals surface area contributed by atoms with Crippen LogP contribution in [0.15, 0.2) is 24.3 Å². The largest absolute Gasteiger partial charge is 0.343 e. The second kappa shape index (κ2) is 11.6. The second-order valence-corrected chi connectivity index (χ2v) is 7.63. The maximum absolute atomic E-state index is 12.1. The number of likely N-dealkylation sites (tertiary alicyclic amines) is 1. The van der Waals surface area contributed by atoms with Crippen LogP contribution in [0.5, 0.6) is 0 Å². The van der Waals surface area contributed by atoms with E-state index in [1.165, 1.54) is 19.3 Å². The predicted octanol–water partition coefficient (Wildman–Crippen LogP) is 4.72. The van der Waals surface area contributed by atoms with Gasteiger partial charge in [0.1, 0.15) is 0 Å². The number of amides is 3. The van der Waals surface area contributed by atoms with Crippen LogP contribution in [0.2, 0.25) is 0 Å². The number of carbonyl (C=O) groups excluding carboxylic acids is 2. The molecular formula is C22H35N3O2. The van der Waals surface area contributed by atoms with Crippen LogP contribution in [0, 0.1) is 0 Å². The molecule has 2 rings (SSSR count). The monoisotopic (exact) mass is 373 g/mol. The molecular weight excluding hydrogens is 338 g/mol. The van der Waals surface area contributed by atoms with Gasteiger partial charge in [-0.15, -0.1) is 0 Å². The molecule has 0 saturated carbocycles. The zero-order chi connectivity index (χ0) is 19.5. The molecule has 2 N–H and O–H groups in total. The first-order valence-electron chi connectivity index (χ1n) is 10.5. The van der Waals surface area contributed by atoms with Crippen LogP contribution < -0.4 is 10.6 Å². The second-order valence-electron chi connectivity index (χ2n) is 7.63. The van der Waals surface area contributed by atoms with E-state index in [-0.39, 0.29) is 18.0 Å². The van der Waals surface area contributed by atoms with Gasteiger partial charge in [0.15, 0.2) is 0 Å². The first-order valence-corrected chi connectivity index (χ1v) is 10.5. The summed E-state index contributed by atoms with van der Waals surface area (Å²) in [6, 6.07) is 7.80. The molecule has 0 aliphatic carbocycles. The summed E-state index contributed by atoms with van der Waals surface area (Å²) in [5.74, 6) is 0.252. The molecule has 0 bridgehead atoms. The molecule has 0 aromatic heterocycles. The Labute approximate surface area is 163 Å². The van der Waals surface area contributed by atoms with E-state index in [4.69, 9.17) is 0 Å². The Kier molecular flexibility index (Phi) is 9.16. The van der Waals surface area contributed by atoms with Crippen molar-refractivity contribution < 1.29 is 9.59 Å². The zero-order valence-electron chi connectivity index (χ0n) is 16.9. The van der Waals surface area contributed by atoms with Crippen molar-refractivity contribution in [1.29, 1.82) is 0 Å². The van der Waals surface area contributed by atoms with Crippen molar-refractivity contribution in [3.8, 4) is 0 Å². The predicted molar refractivity (Wildman–Crippen MR) is 111 cm³/mol. The molecule has 3 amide bonds. The lowest BCUT2D eigenvalue weighted by molar-refractivity contribution is -0.130. The molecule has 1 aliphatic heterocycles. The number of hydrogen-bond acceptors (Lipinski definition) is 2. The molecule has 1 aliphatic rings. The third-order valence-electron chi connectivity index (χ3n) is 5.17. The summed E-state index contributed by atoms with van der Waals surface area (Å²) in [4.78, 5) is 26.2. The van der Waals surface area contributed by atoms with Gasteiger partial charge in [-0.1, -0.05) is 44.7 Å². The van der Waals surface area contributed by atoms with Gasteiger partial charge in [0.05, 0.1) is 0 Å². The maximum atomic E-state index is 12.1. The van der Waals surface area contributed by atoms with Gasteiger partial charge in [-0.2, -0.15) is 0 Å². The average molecular weight is 374 g/mol. The van der Waals surface area contributed by atoms with Crippen molar-refractivity contribution in [1.82, 2.24) is 10.2 Å². The highest BCUT2D eigenvalue weighted by Crippen LogP contribution is 2.14. The summed E-state index contributed by atoms with van der Waals surface area (Å²) in [6.07, 6.45) is 9.44. The Morgan fingerprint density at radius 3 is 2.44 bits per heavy atom. The number of aryl methyl sites for hydroxylation is 1. The Hall–Kier alpha value is -2.04. The van der Waals surface area contributed by atoms with Crippen LogP contribution in [-0.2, 0) is 11.2 Å². The van der Waals surface area contributed by atoms with Crippen molar-refractivity contribution in [2.45, 2.75) is 77.7 Å². The van der Waals surface area contributed by atoms with Crippen LogP contribution in [0.3, 0.4) is 0 Å². The highest BCUT2D eigenvalue weighted by Gasteiger charge is 2.17. The van der Waals surface area contributed by atoms with Gasteiger partial charge in [0.25, 0.3) is 0 Å². The van der Waals surface area contributed by atoms with E-state index in [0.29, 0.717) is 6.42 Å². The normalized spacial score (nSPS) is 14.8. The number of unbranched alkanes of at least 4 members (excludes halogenated alkanes) is 3. The molecule has 27 heavy (non-hydrogen) atoms. The standard InChI is InChI=1S/C22H35N3O2/c1-3-4-5-6-9-18(2)23-22(27)24-20-13-10-19(11-14-20)12-15-21(26)25-16-7-8-17-25/h10-11,13-14,18H,3-9,12,15-17H2,1-2H3,(H2,23,24,27). The number of urea groups is 1. The van der Waals surface area contributed by atoms with Crippen molar-refractivity contribution >= 4 is 17.6 Å². The Balaban J connectivity index is 1.68. The molecule has 1 unspecified atom stereocenters. The number of anilines is 1. The highest BCUT2D eigenvalue weighted by atomic mass is 16.2. The fourth-order valence-electron chi connectivity index (χ4n) is 3.47. The molecule has 1 aromatic rings. The number of nitrogens with one attached hydrogen (secondary N) is 2. The van der Waals surface area contributed by atoms with E-state index in [1.54, 1.807) is 0 Å². The van der Waals surface area contributed by atoms with Crippen LogP contribution in [-0.4, -0.2) is 36.0 Å². The lowest BCUT2D eigenvalue weighted by atomic mass is 10.1. The molecule has 0 spiro atoms. The van der Waals surface area contributed by atoms with E-state index < -0.39 is 0 Å². The number of nitrogens with zero attached hydrogens (tertiary/aromatic N) is 1. The van der Waals surface area contributed by atoms with Gasteiger partial charge in [-0.3, -0.25) is 4.79 Å². The van der Waals surface area contributed by atoms with E-state index in [9.17, 15) is 9.59 Å². The van der Waals surface area contributed by atoms with Crippen LogP contribution >= 0.6 is 0 Å². The third kappa shape index (κ3) is 8.02. The molecule has 1 aromatic carbocycles. The van der Waals surface area contributed by atoms with E-state index in [2.05, 4.69) is 17.6 Å². The number of carbonyl (C=O) groups is 2. The fraction of sp³-hybridized carbons (Fsp3) is 0.636. The average Bonchev–Trinajstić information content (AvgIpc) is 3.19. The van der Waals surface area contributed by atoms with Gasteiger partial charge >= 0.3 is 6.03 Å². The van der Waals surface area contributed by atoms with Gasteiger partial charge < -0.3 is 15.5 Å². The summed E-state index contributed by atoms with van der Waals surface area (Å²) in [5.41, 5.74) is 1.90. The van der Waals surface area contributed by atoms with E-state index >= 15 is 0 Å². The Morgan fingerprint density at radius 2 is 1.78 bits per heavy atom. The van der Waals surface area contributed by atoms with E-state index in [1.807, 2.05) is 36.1 Å². The molecule has 0 radical (unpaired) electrons. The summed E-state index contributed by atoms with van der Waals surface area (Å²) >= 11 is 0. The summed E-state index contributed by atoms with van der Waals surface area (Å²) in [5, 5.41) is 5.88. The molecule has 150 valence electrons. The van der Waals surface area contributed by atoms with Crippen molar-refractivity contribution in [2.24, 2.45) is 0 Å². The van der Waals surface area contributed by atoms with Gasteiger partial charge in [0, 0.05) is 31.2 Å². The quantitative estimate of drug-likeness (QED) is 0.583. The maximum Gasteiger partial charge on any atom is 0.319 e. The molecule has 1 fully saturated rings. The molecule has 1 saturated heterocycles. The Morgan fingerprint density at radius 1 is 1.07 bits per heavy atom. The smallest absolute Gasteiger partial charge is 0.319 e. The van der Waals surface area contributed by atoms with Crippen LogP contribution in [0.1, 0.15) is 70.8 Å². The molecule has 1 heterocycles. The highest BCUT2D eigenvalue weighted by molar-refractivity contribution is 5.89. The minimum atomic E-state index is -0.157. The number of hydrogen-bond donors (Lipinski definition) is 2.